The molecule has 0 fully saturated rings. The molecule has 0 spiro atoms. The first kappa shape index (κ1) is 14.8. The van der Waals surface area contributed by atoms with Crippen LogP contribution in [0.3, 0.4) is 0 Å². The molecule has 0 unspecified atom stereocenters. The predicted molar refractivity (Wildman–Crippen MR) is 76.5 cm³/mol. The molecule has 0 atom stereocenters. The van der Waals surface area contributed by atoms with Gasteiger partial charge in [0.1, 0.15) is 23.9 Å². The number of furan rings is 1. The number of carbonyl (C=O) groups is 1. The average Bonchev–Trinajstić information content (AvgIpc) is 2.78. The SMILES string of the molecule is Cc1cc(C(=O)Nc2ccc(F)c(C#CCO)c2)c(C)o1. The van der Waals surface area contributed by atoms with E-state index in [0.29, 0.717) is 22.8 Å². The summed E-state index contributed by atoms with van der Waals surface area (Å²) in [5.41, 5.74) is 0.962. The van der Waals surface area contributed by atoms with Crippen LogP contribution in [0.15, 0.2) is 28.7 Å². The summed E-state index contributed by atoms with van der Waals surface area (Å²) in [6, 6.07) is 5.71. The van der Waals surface area contributed by atoms with Crippen LogP contribution >= 0.6 is 0 Å². The topological polar surface area (TPSA) is 62.5 Å². The molecule has 0 saturated heterocycles. The molecule has 1 aromatic heterocycles. The Balaban J connectivity index is 2.23. The maximum atomic E-state index is 13.5. The lowest BCUT2D eigenvalue weighted by Crippen LogP contribution is -2.12. The van der Waals surface area contributed by atoms with Crippen LogP contribution in [0.1, 0.15) is 27.4 Å². The highest BCUT2D eigenvalue weighted by molar-refractivity contribution is 6.05. The maximum Gasteiger partial charge on any atom is 0.259 e. The molecular weight excluding hydrogens is 273 g/mol. The molecule has 2 N–H and O–H groups in total. The van der Waals surface area contributed by atoms with Crippen molar-refractivity contribution in [3.05, 3.63) is 52.7 Å². The van der Waals surface area contributed by atoms with Gasteiger partial charge in [0.25, 0.3) is 5.91 Å². The molecule has 1 aromatic carbocycles. The first-order valence-electron chi connectivity index (χ1n) is 6.29. The lowest BCUT2D eigenvalue weighted by atomic mass is 10.1. The molecular formula is C16H14FNO3. The third-order valence-corrected chi connectivity index (χ3v) is 2.81. The number of rotatable bonds is 2. The average molecular weight is 287 g/mol. The zero-order chi connectivity index (χ0) is 15.4. The van der Waals surface area contributed by atoms with Crippen molar-refractivity contribution in [3.8, 4) is 11.8 Å². The zero-order valence-corrected chi connectivity index (χ0v) is 11.7. The second kappa shape index (κ2) is 6.25. The van der Waals surface area contributed by atoms with Gasteiger partial charge in [0, 0.05) is 5.69 Å². The van der Waals surface area contributed by atoms with Gasteiger partial charge in [-0.3, -0.25) is 4.79 Å². The molecule has 0 aliphatic heterocycles. The third kappa shape index (κ3) is 3.50. The summed E-state index contributed by atoms with van der Waals surface area (Å²) in [4.78, 5) is 12.1. The van der Waals surface area contributed by atoms with Gasteiger partial charge in [-0.1, -0.05) is 11.8 Å². The van der Waals surface area contributed by atoms with Crippen LogP contribution in [0, 0.1) is 31.5 Å². The van der Waals surface area contributed by atoms with Crippen molar-refractivity contribution in [1.82, 2.24) is 0 Å². The van der Waals surface area contributed by atoms with Gasteiger partial charge in [-0.25, -0.2) is 4.39 Å². The second-order valence-corrected chi connectivity index (χ2v) is 4.44. The Kier molecular flexibility index (Phi) is 4.41. The van der Waals surface area contributed by atoms with E-state index in [1.54, 1.807) is 19.9 Å². The summed E-state index contributed by atoms with van der Waals surface area (Å²) in [6.07, 6.45) is 0. The number of aliphatic hydroxyl groups is 1. The van der Waals surface area contributed by atoms with Gasteiger partial charge in [0.2, 0.25) is 0 Å². The van der Waals surface area contributed by atoms with E-state index in [9.17, 15) is 9.18 Å². The van der Waals surface area contributed by atoms with Crippen molar-refractivity contribution in [1.29, 1.82) is 0 Å². The molecule has 2 rings (SSSR count). The number of aliphatic hydroxyl groups excluding tert-OH is 1. The van der Waals surface area contributed by atoms with Gasteiger partial charge < -0.3 is 14.8 Å². The van der Waals surface area contributed by atoms with E-state index in [1.165, 1.54) is 18.2 Å². The van der Waals surface area contributed by atoms with E-state index < -0.39 is 5.82 Å². The van der Waals surface area contributed by atoms with Gasteiger partial charge in [-0.2, -0.15) is 0 Å². The number of benzene rings is 1. The largest absolute Gasteiger partial charge is 0.466 e. The monoisotopic (exact) mass is 287 g/mol. The van der Waals surface area contributed by atoms with Crippen molar-refractivity contribution in [2.75, 3.05) is 11.9 Å². The molecule has 4 nitrogen and oxygen atoms in total. The van der Waals surface area contributed by atoms with E-state index in [1.807, 2.05) is 0 Å². The summed E-state index contributed by atoms with van der Waals surface area (Å²) in [5.74, 6) is 5.17. The molecule has 5 heteroatoms. The van der Waals surface area contributed by atoms with E-state index in [2.05, 4.69) is 17.2 Å². The minimum Gasteiger partial charge on any atom is -0.466 e. The predicted octanol–water partition coefficient (Wildman–Crippen LogP) is 2.63. The van der Waals surface area contributed by atoms with Gasteiger partial charge in [0.05, 0.1) is 11.1 Å². The lowest BCUT2D eigenvalue weighted by Gasteiger charge is -2.05. The highest BCUT2D eigenvalue weighted by atomic mass is 19.1. The number of halogens is 1. The molecule has 1 amide bonds. The van der Waals surface area contributed by atoms with Crippen molar-refractivity contribution < 1.29 is 18.7 Å². The van der Waals surface area contributed by atoms with Crippen LogP contribution in [-0.4, -0.2) is 17.6 Å². The zero-order valence-electron chi connectivity index (χ0n) is 11.7. The Hall–Kier alpha value is -2.58. The van der Waals surface area contributed by atoms with E-state index in [4.69, 9.17) is 9.52 Å². The Morgan fingerprint density at radius 1 is 1.38 bits per heavy atom. The van der Waals surface area contributed by atoms with E-state index >= 15 is 0 Å². The molecule has 0 aliphatic rings. The molecule has 0 radical (unpaired) electrons. The molecule has 21 heavy (non-hydrogen) atoms. The van der Waals surface area contributed by atoms with Crippen molar-refractivity contribution >= 4 is 11.6 Å². The van der Waals surface area contributed by atoms with Gasteiger partial charge >= 0.3 is 0 Å². The summed E-state index contributed by atoms with van der Waals surface area (Å²) in [5, 5.41) is 11.3. The molecule has 0 aliphatic carbocycles. The Bertz CT molecular complexity index is 738. The van der Waals surface area contributed by atoms with E-state index in [-0.39, 0.29) is 18.1 Å². The van der Waals surface area contributed by atoms with Gasteiger partial charge in [-0.15, -0.1) is 0 Å². The Labute approximate surface area is 121 Å². The van der Waals surface area contributed by atoms with Crippen LogP contribution in [0.25, 0.3) is 0 Å². The lowest BCUT2D eigenvalue weighted by molar-refractivity contribution is 0.102. The fourth-order valence-corrected chi connectivity index (χ4v) is 1.89. The number of aryl methyl sites for hydroxylation is 2. The molecule has 0 saturated carbocycles. The Morgan fingerprint density at radius 3 is 2.76 bits per heavy atom. The summed E-state index contributed by atoms with van der Waals surface area (Å²) < 4.78 is 18.8. The summed E-state index contributed by atoms with van der Waals surface area (Å²) >= 11 is 0. The first-order chi connectivity index (χ1) is 10.0. The molecule has 108 valence electrons. The highest BCUT2D eigenvalue weighted by Gasteiger charge is 2.14. The minimum atomic E-state index is -0.510. The normalized spacial score (nSPS) is 9.90. The molecule has 2 aromatic rings. The van der Waals surface area contributed by atoms with Crippen LogP contribution in [0.5, 0.6) is 0 Å². The van der Waals surface area contributed by atoms with Crippen molar-refractivity contribution in [3.63, 3.8) is 0 Å². The standard InChI is InChI=1S/C16H14FNO3/c1-10-8-14(11(2)21-10)16(20)18-13-5-6-15(17)12(9-13)4-3-7-19/h5-6,8-9,19H,7H2,1-2H3,(H,18,20). The number of nitrogens with one attached hydrogen (secondary N) is 1. The minimum absolute atomic E-state index is 0.113. The van der Waals surface area contributed by atoms with Crippen molar-refractivity contribution in [2.45, 2.75) is 13.8 Å². The van der Waals surface area contributed by atoms with Crippen LogP contribution in [0.2, 0.25) is 0 Å². The maximum absolute atomic E-state index is 13.5. The van der Waals surface area contributed by atoms with Crippen LogP contribution in [0.4, 0.5) is 10.1 Å². The Morgan fingerprint density at radius 2 is 2.14 bits per heavy atom. The highest BCUT2D eigenvalue weighted by Crippen LogP contribution is 2.18. The number of amides is 1. The van der Waals surface area contributed by atoms with Crippen molar-refractivity contribution in [2.24, 2.45) is 0 Å². The second-order valence-electron chi connectivity index (χ2n) is 4.44. The molecule has 1 heterocycles. The summed E-state index contributed by atoms with van der Waals surface area (Å²) in [6.45, 7) is 3.10. The quantitative estimate of drug-likeness (QED) is 0.835. The number of hydrogen-bond donors (Lipinski definition) is 2. The van der Waals surface area contributed by atoms with Crippen LogP contribution < -0.4 is 5.32 Å². The third-order valence-electron chi connectivity index (χ3n) is 2.81. The number of anilines is 1. The first-order valence-corrected chi connectivity index (χ1v) is 6.29. The van der Waals surface area contributed by atoms with Gasteiger partial charge in [0.15, 0.2) is 0 Å². The number of hydrogen-bond acceptors (Lipinski definition) is 3. The molecule has 0 bridgehead atoms. The fraction of sp³-hybridized carbons (Fsp3) is 0.188. The number of carbonyl (C=O) groups excluding carboxylic acids is 1. The summed E-state index contributed by atoms with van der Waals surface area (Å²) in [7, 11) is 0. The smallest absolute Gasteiger partial charge is 0.259 e. The fourth-order valence-electron chi connectivity index (χ4n) is 1.89. The van der Waals surface area contributed by atoms with Crippen LogP contribution in [-0.2, 0) is 0 Å². The van der Waals surface area contributed by atoms with E-state index in [0.717, 1.165) is 0 Å². The van der Waals surface area contributed by atoms with Gasteiger partial charge in [-0.05, 0) is 38.1 Å².